The highest BCUT2D eigenvalue weighted by Crippen LogP contribution is 2.22. The lowest BCUT2D eigenvalue weighted by atomic mass is 10.0. The van der Waals surface area contributed by atoms with Crippen LogP contribution in [0.2, 0.25) is 5.02 Å². The molecule has 0 aliphatic carbocycles. The summed E-state index contributed by atoms with van der Waals surface area (Å²) in [5, 5.41) is 12.8. The third-order valence-corrected chi connectivity index (χ3v) is 4.50. The number of aryl methyl sites for hydroxylation is 1. The number of nitrogens with one attached hydrogen (secondary N) is 1. The van der Waals surface area contributed by atoms with Crippen molar-refractivity contribution >= 4 is 23.2 Å². The Balaban J connectivity index is 1.60. The number of hydrogen-bond donors (Lipinski definition) is 1. The Morgan fingerprint density at radius 3 is 2.83 bits per heavy atom. The van der Waals surface area contributed by atoms with Crippen LogP contribution < -0.4 is 10.2 Å². The zero-order valence-electron chi connectivity index (χ0n) is 13.5. The van der Waals surface area contributed by atoms with Gasteiger partial charge < -0.3 is 10.2 Å². The standard InChI is InChI=1S/C17H19ClN6/c1-2-12-9-17(21-11-20-12)24-7-5-13(6-8-24)22-16-4-3-14(18)15(10-19)23-16/h3-4,9,11,13H,2,5-8H2,1H3,(H,22,23). The first-order valence-corrected chi connectivity index (χ1v) is 8.46. The summed E-state index contributed by atoms with van der Waals surface area (Å²) in [5.74, 6) is 1.70. The van der Waals surface area contributed by atoms with Gasteiger partial charge in [-0.2, -0.15) is 5.26 Å². The summed E-state index contributed by atoms with van der Waals surface area (Å²) in [6.07, 6.45) is 4.52. The van der Waals surface area contributed by atoms with Gasteiger partial charge in [0, 0.05) is 30.9 Å². The highest BCUT2D eigenvalue weighted by molar-refractivity contribution is 6.31. The molecule has 0 bridgehead atoms. The van der Waals surface area contributed by atoms with Crippen LogP contribution in [-0.2, 0) is 6.42 Å². The van der Waals surface area contributed by atoms with E-state index in [1.54, 1.807) is 12.4 Å². The molecule has 1 saturated heterocycles. The monoisotopic (exact) mass is 342 g/mol. The van der Waals surface area contributed by atoms with Crippen molar-refractivity contribution in [1.82, 2.24) is 15.0 Å². The Bertz CT molecular complexity index is 749. The average Bonchev–Trinajstić information content (AvgIpc) is 2.64. The van der Waals surface area contributed by atoms with Crippen LogP contribution in [-0.4, -0.2) is 34.1 Å². The largest absolute Gasteiger partial charge is 0.367 e. The van der Waals surface area contributed by atoms with Gasteiger partial charge in [0.15, 0.2) is 5.69 Å². The van der Waals surface area contributed by atoms with Crippen LogP contribution in [0.25, 0.3) is 0 Å². The van der Waals surface area contributed by atoms with E-state index in [-0.39, 0.29) is 5.69 Å². The van der Waals surface area contributed by atoms with Crippen LogP contribution in [0.5, 0.6) is 0 Å². The molecule has 0 amide bonds. The van der Waals surface area contributed by atoms with Crippen molar-refractivity contribution in [3.8, 4) is 6.07 Å². The van der Waals surface area contributed by atoms with Gasteiger partial charge in [0.05, 0.1) is 5.02 Å². The molecule has 0 saturated carbocycles. The Morgan fingerprint density at radius 1 is 1.33 bits per heavy atom. The van der Waals surface area contributed by atoms with Crippen molar-refractivity contribution in [3.63, 3.8) is 0 Å². The smallest absolute Gasteiger partial charge is 0.161 e. The number of nitriles is 1. The van der Waals surface area contributed by atoms with Crippen LogP contribution in [0.1, 0.15) is 31.2 Å². The molecule has 7 heteroatoms. The fourth-order valence-corrected chi connectivity index (χ4v) is 2.96. The molecule has 0 aromatic carbocycles. The SMILES string of the molecule is CCc1cc(N2CCC(Nc3ccc(Cl)c(C#N)n3)CC2)ncn1. The molecular formula is C17H19ClN6. The summed E-state index contributed by atoms with van der Waals surface area (Å²) < 4.78 is 0. The van der Waals surface area contributed by atoms with Crippen molar-refractivity contribution in [2.75, 3.05) is 23.3 Å². The summed E-state index contributed by atoms with van der Waals surface area (Å²) in [4.78, 5) is 15.2. The molecule has 2 aromatic rings. The van der Waals surface area contributed by atoms with Crippen molar-refractivity contribution in [1.29, 1.82) is 5.26 Å². The number of nitrogens with zero attached hydrogens (tertiary/aromatic N) is 5. The number of aromatic nitrogens is 3. The first-order valence-electron chi connectivity index (χ1n) is 8.08. The molecule has 3 rings (SSSR count). The number of halogens is 1. The first-order chi connectivity index (χ1) is 11.7. The van der Waals surface area contributed by atoms with E-state index < -0.39 is 0 Å². The lowest BCUT2D eigenvalue weighted by Gasteiger charge is -2.33. The molecule has 1 N–H and O–H groups in total. The summed E-state index contributed by atoms with van der Waals surface area (Å²) in [5.41, 5.74) is 1.32. The van der Waals surface area contributed by atoms with Crippen molar-refractivity contribution < 1.29 is 0 Å². The van der Waals surface area contributed by atoms with Gasteiger partial charge in [-0.15, -0.1) is 0 Å². The van der Waals surface area contributed by atoms with Crippen molar-refractivity contribution in [3.05, 3.63) is 40.9 Å². The Labute approximate surface area is 146 Å². The van der Waals surface area contributed by atoms with Crippen molar-refractivity contribution in [2.45, 2.75) is 32.2 Å². The molecule has 0 unspecified atom stereocenters. The third kappa shape index (κ3) is 3.74. The van der Waals surface area contributed by atoms with Gasteiger partial charge in [0.1, 0.15) is 24.0 Å². The van der Waals surface area contributed by atoms with E-state index in [2.05, 4.69) is 38.2 Å². The maximum absolute atomic E-state index is 9.01. The molecule has 0 radical (unpaired) electrons. The molecule has 124 valence electrons. The van der Waals surface area contributed by atoms with E-state index in [4.69, 9.17) is 16.9 Å². The summed E-state index contributed by atoms with van der Waals surface area (Å²) in [7, 11) is 0. The lowest BCUT2D eigenvalue weighted by molar-refractivity contribution is 0.522. The van der Waals surface area contributed by atoms with Crippen LogP contribution in [0.4, 0.5) is 11.6 Å². The highest BCUT2D eigenvalue weighted by atomic mass is 35.5. The fourth-order valence-electron chi connectivity index (χ4n) is 2.82. The molecule has 0 atom stereocenters. The maximum atomic E-state index is 9.01. The number of anilines is 2. The van der Waals surface area contributed by atoms with E-state index in [1.165, 1.54) is 0 Å². The second-order valence-electron chi connectivity index (χ2n) is 5.77. The summed E-state index contributed by atoms with van der Waals surface area (Å²) in [6, 6.07) is 7.92. The summed E-state index contributed by atoms with van der Waals surface area (Å²) in [6.45, 7) is 3.95. The Kier molecular flexibility index (Phi) is 5.11. The lowest BCUT2D eigenvalue weighted by Crippen LogP contribution is -2.39. The van der Waals surface area contributed by atoms with Crippen LogP contribution in [0.15, 0.2) is 24.5 Å². The third-order valence-electron chi connectivity index (χ3n) is 4.19. The number of hydrogen-bond acceptors (Lipinski definition) is 6. The van der Waals surface area contributed by atoms with E-state index >= 15 is 0 Å². The molecule has 1 aliphatic heterocycles. The topological polar surface area (TPSA) is 77.7 Å². The summed E-state index contributed by atoms with van der Waals surface area (Å²) >= 11 is 5.92. The van der Waals surface area contributed by atoms with Crippen LogP contribution in [0, 0.1) is 11.3 Å². The zero-order valence-corrected chi connectivity index (χ0v) is 14.3. The van der Waals surface area contributed by atoms with Crippen molar-refractivity contribution in [2.24, 2.45) is 0 Å². The molecule has 1 fully saturated rings. The molecule has 24 heavy (non-hydrogen) atoms. The quantitative estimate of drug-likeness (QED) is 0.920. The molecule has 1 aliphatic rings. The minimum atomic E-state index is 0.257. The van der Waals surface area contributed by atoms with Gasteiger partial charge in [-0.05, 0) is 31.4 Å². The van der Waals surface area contributed by atoms with Gasteiger partial charge in [0.2, 0.25) is 0 Å². The van der Waals surface area contributed by atoms with Crippen LogP contribution in [0.3, 0.4) is 0 Å². The average molecular weight is 343 g/mol. The molecule has 6 nitrogen and oxygen atoms in total. The van der Waals surface area contributed by atoms with Gasteiger partial charge >= 0.3 is 0 Å². The predicted molar refractivity (Wildman–Crippen MR) is 94.2 cm³/mol. The second-order valence-corrected chi connectivity index (χ2v) is 6.17. The second kappa shape index (κ2) is 7.45. The normalized spacial score (nSPS) is 15.1. The predicted octanol–water partition coefficient (Wildman–Crippen LogP) is 3.04. The fraction of sp³-hybridized carbons (Fsp3) is 0.412. The maximum Gasteiger partial charge on any atom is 0.161 e. The van der Waals surface area contributed by atoms with E-state index in [0.29, 0.717) is 16.9 Å². The first kappa shape index (κ1) is 16.5. The zero-order chi connectivity index (χ0) is 16.9. The van der Waals surface area contributed by atoms with Gasteiger partial charge in [0.25, 0.3) is 0 Å². The molecular weight excluding hydrogens is 324 g/mol. The Hall–Kier alpha value is -2.39. The van der Waals surface area contributed by atoms with Crippen LogP contribution >= 0.6 is 11.6 Å². The molecule has 3 heterocycles. The number of pyridine rings is 1. The molecule has 0 spiro atoms. The van der Waals surface area contributed by atoms with Gasteiger partial charge in [-0.1, -0.05) is 18.5 Å². The highest BCUT2D eigenvalue weighted by Gasteiger charge is 2.20. The molecule has 2 aromatic heterocycles. The van der Waals surface area contributed by atoms with E-state index in [9.17, 15) is 0 Å². The Morgan fingerprint density at radius 2 is 2.12 bits per heavy atom. The minimum Gasteiger partial charge on any atom is -0.367 e. The van der Waals surface area contributed by atoms with Gasteiger partial charge in [-0.25, -0.2) is 15.0 Å². The number of piperidine rings is 1. The van der Waals surface area contributed by atoms with Gasteiger partial charge in [-0.3, -0.25) is 0 Å². The van der Waals surface area contributed by atoms with E-state index in [1.807, 2.05) is 12.1 Å². The van der Waals surface area contributed by atoms with E-state index in [0.717, 1.165) is 43.9 Å². The number of rotatable bonds is 4. The minimum absolute atomic E-state index is 0.257.